The molecule has 2 aromatic carbocycles. The van der Waals surface area contributed by atoms with E-state index in [1.165, 1.54) is 6.08 Å². The minimum absolute atomic E-state index is 0.0892. The number of allylic oxidation sites excluding steroid dienone is 2. The normalized spacial score (nSPS) is 11.0. The highest BCUT2D eigenvalue weighted by atomic mass is 16.5. The molecule has 0 fully saturated rings. The van der Waals surface area contributed by atoms with Crippen molar-refractivity contribution in [3.8, 4) is 0 Å². The summed E-state index contributed by atoms with van der Waals surface area (Å²) >= 11 is 0. The molecule has 1 N–H and O–H groups in total. The molecule has 4 heteroatoms. The van der Waals surface area contributed by atoms with Crippen molar-refractivity contribution in [1.29, 1.82) is 0 Å². The molecule has 0 saturated carbocycles. The number of aryl methyl sites for hydroxylation is 1. The highest BCUT2D eigenvalue weighted by Crippen LogP contribution is 2.18. The molecule has 0 radical (unpaired) electrons. The number of hydrogen-bond donors (Lipinski definition) is 1. The number of hydrogen-bond acceptors (Lipinski definition) is 4. The first-order valence-electron chi connectivity index (χ1n) is 7.83. The Morgan fingerprint density at radius 3 is 2.42 bits per heavy atom. The number of esters is 1. The van der Waals surface area contributed by atoms with Crippen LogP contribution in [0.15, 0.2) is 60.3 Å². The zero-order valence-electron chi connectivity index (χ0n) is 14.1. The summed E-state index contributed by atoms with van der Waals surface area (Å²) in [5.41, 5.74) is 3.43. The zero-order chi connectivity index (χ0) is 17.5. The van der Waals surface area contributed by atoms with Crippen LogP contribution in [0.2, 0.25) is 0 Å². The Morgan fingerprint density at radius 1 is 1.08 bits per heavy atom. The average Bonchev–Trinajstić information content (AvgIpc) is 2.56. The van der Waals surface area contributed by atoms with Crippen LogP contribution in [0, 0.1) is 6.92 Å². The Hall–Kier alpha value is -2.88. The van der Waals surface area contributed by atoms with E-state index < -0.39 is 5.97 Å². The molecule has 0 aromatic heterocycles. The summed E-state index contributed by atoms with van der Waals surface area (Å²) in [7, 11) is 0. The van der Waals surface area contributed by atoms with E-state index in [4.69, 9.17) is 4.74 Å². The van der Waals surface area contributed by atoms with E-state index in [1.807, 2.05) is 25.1 Å². The summed E-state index contributed by atoms with van der Waals surface area (Å²) in [4.78, 5) is 24.2. The van der Waals surface area contributed by atoms with Crippen LogP contribution in [0.3, 0.4) is 0 Å². The Kier molecular flexibility index (Phi) is 5.90. The first-order chi connectivity index (χ1) is 11.5. The molecule has 0 bridgehead atoms. The Balaban J connectivity index is 2.17. The van der Waals surface area contributed by atoms with Crippen molar-refractivity contribution >= 4 is 17.4 Å². The van der Waals surface area contributed by atoms with Crippen molar-refractivity contribution in [3.63, 3.8) is 0 Å². The van der Waals surface area contributed by atoms with Crippen molar-refractivity contribution in [2.24, 2.45) is 0 Å². The summed E-state index contributed by atoms with van der Waals surface area (Å²) in [6, 6.07) is 14.5. The van der Waals surface area contributed by atoms with Gasteiger partial charge in [-0.1, -0.05) is 42.0 Å². The Morgan fingerprint density at radius 2 is 1.75 bits per heavy atom. The van der Waals surface area contributed by atoms with Gasteiger partial charge in [0.15, 0.2) is 5.78 Å². The molecular formula is C20H21NO3. The van der Waals surface area contributed by atoms with Crippen LogP contribution in [0.5, 0.6) is 0 Å². The van der Waals surface area contributed by atoms with Crippen molar-refractivity contribution in [2.45, 2.75) is 20.8 Å². The number of rotatable bonds is 6. The number of carbonyl (C=O) groups is 2. The third-order valence-corrected chi connectivity index (χ3v) is 3.44. The SMILES string of the molecule is CCOC(=O)c1ccccc1N/C(C)=C/C(=O)c1ccc(C)cc1. The van der Waals surface area contributed by atoms with Crippen molar-refractivity contribution in [1.82, 2.24) is 0 Å². The lowest BCUT2D eigenvalue weighted by molar-refractivity contribution is 0.0527. The summed E-state index contributed by atoms with van der Waals surface area (Å²) in [6.07, 6.45) is 1.52. The fourth-order valence-corrected chi connectivity index (χ4v) is 2.23. The molecule has 24 heavy (non-hydrogen) atoms. The van der Waals surface area contributed by atoms with E-state index in [0.29, 0.717) is 29.1 Å². The third kappa shape index (κ3) is 4.56. The van der Waals surface area contributed by atoms with E-state index in [9.17, 15) is 9.59 Å². The fourth-order valence-electron chi connectivity index (χ4n) is 2.23. The Labute approximate surface area is 142 Å². The second-order valence-corrected chi connectivity index (χ2v) is 5.45. The topological polar surface area (TPSA) is 55.4 Å². The summed E-state index contributed by atoms with van der Waals surface area (Å²) in [5.74, 6) is -0.480. The van der Waals surface area contributed by atoms with Gasteiger partial charge in [-0.15, -0.1) is 0 Å². The minimum atomic E-state index is -0.390. The van der Waals surface area contributed by atoms with Gasteiger partial charge in [0, 0.05) is 17.3 Å². The van der Waals surface area contributed by atoms with Gasteiger partial charge in [-0.25, -0.2) is 4.79 Å². The van der Waals surface area contributed by atoms with Crippen LogP contribution in [0.25, 0.3) is 0 Å². The molecule has 0 saturated heterocycles. The molecule has 0 heterocycles. The summed E-state index contributed by atoms with van der Waals surface area (Å²) in [5, 5.41) is 3.10. The second kappa shape index (κ2) is 8.11. The van der Waals surface area contributed by atoms with Crippen LogP contribution in [-0.4, -0.2) is 18.4 Å². The van der Waals surface area contributed by atoms with Crippen LogP contribution in [-0.2, 0) is 4.74 Å². The van der Waals surface area contributed by atoms with E-state index in [2.05, 4.69) is 5.32 Å². The van der Waals surface area contributed by atoms with Gasteiger partial charge in [0.1, 0.15) is 0 Å². The Bertz CT molecular complexity index is 761. The number of benzene rings is 2. The zero-order valence-corrected chi connectivity index (χ0v) is 14.1. The lowest BCUT2D eigenvalue weighted by Gasteiger charge is -2.11. The number of ketones is 1. The van der Waals surface area contributed by atoms with E-state index >= 15 is 0 Å². The standard InChI is InChI=1S/C20H21NO3/c1-4-24-20(23)17-7-5-6-8-18(17)21-15(3)13-19(22)16-11-9-14(2)10-12-16/h5-13,21H,4H2,1-3H3/b15-13+. The highest BCUT2D eigenvalue weighted by molar-refractivity contribution is 6.05. The van der Waals surface area contributed by atoms with Gasteiger partial charge in [-0.2, -0.15) is 0 Å². The first kappa shape index (κ1) is 17.5. The molecular weight excluding hydrogens is 302 g/mol. The van der Waals surface area contributed by atoms with Crippen molar-refractivity contribution in [3.05, 3.63) is 77.0 Å². The molecule has 0 spiro atoms. The molecule has 0 aliphatic carbocycles. The minimum Gasteiger partial charge on any atom is -0.462 e. The lowest BCUT2D eigenvalue weighted by atomic mass is 10.1. The maximum Gasteiger partial charge on any atom is 0.340 e. The fraction of sp³-hybridized carbons (Fsp3) is 0.200. The average molecular weight is 323 g/mol. The van der Waals surface area contributed by atoms with Crippen molar-refractivity contribution in [2.75, 3.05) is 11.9 Å². The largest absolute Gasteiger partial charge is 0.462 e. The van der Waals surface area contributed by atoms with Gasteiger partial charge in [-0.05, 0) is 32.9 Å². The predicted molar refractivity (Wildman–Crippen MR) is 95.3 cm³/mol. The number of nitrogens with one attached hydrogen (secondary N) is 1. The molecule has 0 unspecified atom stereocenters. The van der Waals surface area contributed by atoms with Gasteiger partial charge < -0.3 is 10.1 Å². The number of anilines is 1. The van der Waals surface area contributed by atoms with Gasteiger partial charge in [0.25, 0.3) is 0 Å². The smallest absolute Gasteiger partial charge is 0.340 e. The van der Waals surface area contributed by atoms with Crippen LogP contribution in [0.4, 0.5) is 5.69 Å². The summed E-state index contributed by atoms with van der Waals surface area (Å²) < 4.78 is 5.05. The number of carbonyl (C=O) groups excluding carboxylic acids is 2. The molecule has 2 rings (SSSR count). The molecule has 0 amide bonds. The molecule has 0 aliphatic heterocycles. The molecule has 0 aliphatic rings. The second-order valence-electron chi connectivity index (χ2n) is 5.45. The molecule has 124 valence electrons. The predicted octanol–water partition coefficient (Wildman–Crippen LogP) is 4.37. The number of ether oxygens (including phenoxy) is 1. The van der Waals surface area contributed by atoms with Crippen LogP contribution >= 0.6 is 0 Å². The summed E-state index contributed by atoms with van der Waals surface area (Å²) in [6.45, 7) is 5.84. The monoisotopic (exact) mass is 323 g/mol. The maximum absolute atomic E-state index is 12.3. The van der Waals surface area contributed by atoms with E-state index in [1.54, 1.807) is 44.2 Å². The molecule has 4 nitrogen and oxygen atoms in total. The van der Waals surface area contributed by atoms with Gasteiger partial charge in [0.2, 0.25) is 0 Å². The maximum atomic E-state index is 12.3. The quantitative estimate of drug-likeness (QED) is 0.487. The van der Waals surface area contributed by atoms with E-state index in [0.717, 1.165) is 5.56 Å². The van der Waals surface area contributed by atoms with Gasteiger partial charge in [0.05, 0.1) is 17.9 Å². The van der Waals surface area contributed by atoms with Crippen LogP contribution < -0.4 is 5.32 Å². The van der Waals surface area contributed by atoms with Gasteiger partial charge >= 0.3 is 5.97 Å². The first-order valence-corrected chi connectivity index (χ1v) is 7.83. The third-order valence-electron chi connectivity index (χ3n) is 3.44. The van der Waals surface area contributed by atoms with Crippen LogP contribution in [0.1, 0.15) is 40.1 Å². The van der Waals surface area contributed by atoms with E-state index in [-0.39, 0.29) is 5.78 Å². The lowest BCUT2D eigenvalue weighted by Crippen LogP contribution is -2.09. The number of para-hydroxylation sites is 1. The molecule has 2 aromatic rings. The van der Waals surface area contributed by atoms with Crippen molar-refractivity contribution < 1.29 is 14.3 Å². The highest BCUT2D eigenvalue weighted by Gasteiger charge is 2.12. The van der Waals surface area contributed by atoms with Gasteiger partial charge in [-0.3, -0.25) is 4.79 Å². The molecule has 0 atom stereocenters.